The smallest absolute Gasteiger partial charge is 0.404 e. The summed E-state index contributed by atoms with van der Waals surface area (Å²) >= 11 is 0. The van der Waals surface area contributed by atoms with E-state index in [9.17, 15) is 18.4 Å². The lowest BCUT2D eigenvalue weighted by Crippen LogP contribution is -2.38. The van der Waals surface area contributed by atoms with E-state index in [1.54, 1.807) is 12.1 Å². The van der Waals surface area contributed by atoms with Gasteiger partial charge in [-0.2, -0.15) is 0 Å². The number of nitrogens with zero attached hydrogens (tertiary/aromatic N) is 1. The van der Waals surface area contributed by atoms with Crippen LogP contribution in [0.3, 0.4) is 0 Å². The largest absolute Gasteiger partial charge is 0.415 e. The zero-order valence-corrected chi connectivity index (χ0v) is 18.1. The normalized spacial score (nSPS) is 18.0. The Morgan fingerprint density at radius 1 is 1.06 bits per heavy atom. The van der Waals surface area contributed by atoms with Crippen molar-refractivity contribution in [1.82, 2.24) is 10.2 Å². The lowest BCUT2D eigenvalue weighted by atomic mass is 10.0. The molecule has 1 aliphatic carbocycles. The third kappa shape index (κ3) is 5.21. The zero-order valence-electron chi connectivity index (χ0n) is 18.1. The maximum absolute atomic E-state index is 14.6. The van der Waals surface area contributed by atoms with Crippen molar-refractivity contribution in [1.29, 1.82) is 0 Å². The molecule has 2 aromatic carbocycles. The third-order valence-corrected chi connectivity index (χ3v) is 5.85. The van der Waals surface area contributed by atoms with Crippen molar-refractivity contribution >= 4 is 12.0 Å². The average Bonchev–Trinajstić information content (AvgIpc) is 3.26. The van der Waals surface area contributed by atoms with E-state index < -0.39 is 23.5 Å². The van der Waals surface area contributed by atoms with Gasteiger partial charge in [-0.05, 0) is 61.4 Å². The van der Waals surface area contributed by atoms with E-state index in [1.165, 1.54) is 11.9 Å². The van der Waals surface area contributed by atoms with E-state index >= 15 is 0 Å². The Morgan fingerprint density at radius 3 is 2.29 bits per heavy atom. The van der Waals surface area contributed by atoms with E-state index in [4.69, 9.17) is 4.74 Å². The molecule has 0 spiro atoms. The van der Waals surface area contributed by atoms with E-state index in [-0.39, 0.29) is 17.9 Å². The fraction of sp³-hybridized carbons (Fsp3) is 0.417. The number of carbonyl (C=O) groups is 2. The molecule has 0 aromatic heterocycles. The maximum Gasteiger partial charge on any atom is 0.415 e. The Morgan fingerprint density at radius 2 is 1.71 bits per heavy atom. The van der Waals surface area contributed by atoms with Crippen LogP contribution in [0.5, 0.6) is 5.75 Å². The molecule has 2 amide bonds. The first kappa shape index (κ1) is 22.7. The summed E-state index contributed by atoms with van der Waals surface area (Å²) in [6.07, 6.45) is 1.80. The second-order valence-corrected chi connectivity index (χ2v) is 7.86. The molecule has 1 saturated carbocycles. The van der Waals surface area contributed by atoms with Gasteiger partial charge in [0.25, 0.3) is 0 Å². The van der Waals surface area contributed by atoms with Gasteiger partial charge < -0.3 is 15.0 Å². The number of nitrogens with one attached hydrogen (secondary N) is 1. The van der Waals surface area contributed by atoms with Crippen LogP contribution in [-0.2, 0) is 11.2 Å². The molecule has 1 N–H and O–H groups in total. The van der Waals surface area contributed by atoms with Gasteiger partial charge in [0.2, 0.25) is 11.7 Å². The quantitative estimate of drug-likeness (QED) is 0.707. The van der Waals surface area contributed by atoms with Crippen LogP contribution in [0.2, 0.25) is 0 Å². The molecule has 166 valence electrons. The van der Waals surface area contributed by atoms with Crippen molar-refractivity contribution in [2.24, 2.45) is 5.92 Å². The van der Waals surface area contributed by atoms with E-state index in [0.29, 0.717) is 36.9 Å². The summed E-state index contributed by atoms with van der Waals surface area (Å²) in [5.41, 5.74) is 2.17. The summed E-state index contributed by atoms with van der Waals surface area (Å²) in [5, 5.41) is 2.78. The van der Waals surface area contributed by atoms with Crippen LogP contribution in [0, 0.1) is 17.6 Å². The van der Waals surface area contributed by atoms with E-state index in [2.05, 4.69) is 5.32 Å². The SMILES string of the molecule is CCNC(=O)[C@H]1CC[C@@H](N(C)C(=O)Oc2c(F)cc(-c3ccc(CC)cc3)cc2F)C1. The molecular weight excluding hydrogens is 402 g/mol. The van der Waals surface area contributed by atoms with Crippen molar-refractivity contribution in [2.45, 2.75) is 45.6 Å². The van der Waals surface area contributed by atoms with Crippen molar-refractivity contribution in [3.05, 3.63) is 53.6 Å². The first-order valence-electron chi connectivity index (χ1n) is 10.6. The maximum atomic E-state index is 14.6. The second kappa shape index (κ2) is 9.90. The fourth-order valence-corrected chi connectivity index (χ4v) is 3.93. The van der Waals surface area contributed by atoms with Crippen LogP contribution in [0.25, 0.3) is 11.1 Å². The van der Waals surface area contributed by atoms with Gasteiger partial charge in [0.05, 0.1) is 0 Å². The summed E-state index contributed by atoms with van der Waals surface area (Å²) in [5.74, 6) is -2.81. The van der Waals surface area contributed by atoms with Crippen LogP contribution in [-0.4, -0.2) is 36.5 Å². The minimum absolute atomic E-state index is 0.0357. The van der Waals surface area contributed by atoms with Crippen molar-refractivity contribution in [3.63, 3.8) is 0 Å². The number of rotatable bonds is 6. The highest BCUT2D eigenvalue weighted by Gasteiger charge is 2.34. The Hall–Kier alpha value is -2.96. The highest BCUT2D eigenvalue weighted by atomic mass is 19.1. The molecule has 2 atom stereocenters. The van der Waals surface area contributed by atoms with Gasteiger partial charge in [0.1, 0.15) is 0 Å². The van der Waals surface area contributed by atoms with Crippen LogP contribution < -0.4 is 10.1 Å². The number of ether oxygens (including phenoxy) is 1. The van der Waals surface area contributed by atoms with Gasteiger partial charge in [-0.15, -0.1) is 0 Å². The molecule has 1 aliphatic rings. The number of amides is 2. The Labute approximate surface area is 181 Å². The molecule has 7 heteroatoms. The lowest BCUT2D eigenvalue weighted by Gasteiger charge is -2.24. The Bertz CT molecular complexity index is 923. The number of benzene rings is 2. The van der Waals surface area contributed by atoms with Gasteiger partial charge >= 0.3 is 6.09 Å². The summed E-state index contributed by atoms with van der Waals surface area (Å²) < 4.78 is 34.3. The monoisotopic (exact) mass is 430 g/mol. The van der Waals surface area contributed by atoms with Crippen LogP contribution in [0.15, 0.2) is 36.4 Å². The first-order chi connectivity index (χ1) is 14.8. The molecule has 0 bridgehead atoms. The highest BCUT2D eigenvalue weighted by Crippen LogP contribution is 2.32. The van der Waals surface area contributed by atoms with Crippen LogP contribution in [0.1, 0.15) is 38.7 Å². The topological polar surface area (TPSA) is 58.6 Å². The summed E-state index contributed by atoms with van der Waals surface area (Å²) in [7, 11) is 1.52. The Kier molecular flexibility index (Phi) is 7.25. The molecule has 0 heterocycles. The number of halogens is 2. The predicted molar refractivity (Wildman–Crippen MR) is 115 cm³/mol. The molecule has 0 unspecified atom stereocenters. The molecule has 0 saturated heterocycles. The zero-order chi connectivity index (χ0) is 22.5. The molecule has 3 rings (SSSR count). The molecule has 1 fully saturated rings. The standard InChI is InChI=1S/C24H28F2N2O3/c1-4-15-6-8-16(9-7-15)18-13-20(25)22(21(26)14-18)31-24(30)28(3)19-11-10-17(12-19)23(29)27-5-2/h6-9,13-14,17,19H,4-5,10-12H2,1-3H3,(H,27,29)/t17-,19+/m0/s1. The minimum atomic E-state index is -0.942. The fourth-order valence-electron chi connectivity index (χ4n) is 3.93. The molecule has 2 aromatic rings. The molecule has 31 heavy (non-hydrogen) atoms. The number of aryl methyl sites for hydroxylation is 1. The summed E-state index contributed by atoms with van der Waals surface area (Å²) in [6.45, 7) is 4.43. The third-order valence-electron chi connectivity index (χ3n) is 5.85. The van der Waals surface area contributed by atoms with Crippen molar-refractivity contribution < 1.29 is 23.1 Å². The molecule has 0 radical (unpaired) electrons. The van der Waals surface area contributed by atoms with Crippen molar-refractivity contribution in [2.75, 3.05) is 13.6 Å². The number of carbonyl (C=O) groups excluding carboxylic acids is 2. The second-order valence-electron chi connectivity index (χ2n) is 7.86. The van der Waals surface area contributed by atoms with Gasteiger partial charge in [0, 0.05) is 25.6 Å². The summed E-state index contributed by atoms with van der Waals surface area (Å²) in [6, 6.07) is 9.52. The van der Waals surface area contributed by atoms with E-state index in [0.717, 1.165) is 24.1 Å². The van der Waals surface area contributed by atoms with Gasteiger partial charge in [-0.3, -0.25) is 4.79 Å². The average molecular weight is 430 g/mol. The van der Waals surface area contributed by atoms with E-state index in [1.807, 2.05) is 26.0 Å². The minimum Gasteiger partial charge on any atom is -0.404 e. The lowest BCUT2D eigenvalue weighted by molar-refractivity contribution is -0.124. The van der Waals surface area contributed by atoms with Gasteiger partial charge in [0.15, 0.2) is 11.6 Å². The molecule has 0 aliphatic heterocycles. The highest BCUT2D eigenvalue weighted by molar-refractivity contribution is 5.79. The summed E-state index contributed by atoms with van der Waals surface area (Å²) in [4.78, 5) is 25.8. The van der Waals surface area contributed by atoms with Crippen molar-refractivity contribution in [3.8, 4) is 16.9 Å². The van der Waals surface area contributed by atoms with Crippen LogP contribution in [0.4, 0.5) is 13.6 Å². The first-order valence-corrected chi connectivity index (χ1v) is 10.6. The number of hydrogen-bond acceptors (Lipinski definition) is 3. The Balaban J connectivity index is 1.69. The molecular formula is C24H28F2N2O3. The molecule has 5 nitrogen and oxygen atoms in total. The number of hydrogen-bond donors (Lipinski definition) is 1. The van der Waals surface area contributed by atoms with Crippen LogP contribution >= 0.6 is 0 Å². The van der Waals surface area contributed by atoms with Gasteiger partial charge in [-0.25, -0.2) is 13.6 Å². The predicted octanol–water partition coefficient (Wildman–Crippen LogP) is 4.93. The van der Waals surface area contributed by atoms with Gasteiger partial charge in [-0.1, -0.05) is 31.2 Å².